The van der Waals surface area contributed by atoms with E-state index in [0.717, 1.165) is 44.7 Å². The van der Waals surface area contributed by atoms with Crippen LogP contribution in [0.2, 0.25) is 0 Å². The lowest BCUT2D eigenvalue weighted by molar-refractivity contribution is 0.00706. The van der Waals surface area contributed by atoms with Crippen LogP contribution in [0.1, 0.15) is 44.4 Å². The maximum Gasteiger partial charge on any atom is 0.193 e. The number of nitrogens with one attached hydrogen (secondary N) is 1. The Labute approximate surface area is 167 Å². The highest BCUT2D eigenvalue weighted by Gasteiger charge is 2.35. The van der Waals surface area contributed by atoms with E-state index in [1.54, 1.807) is 11.3 Å². The molecule has 0 radical (unpaired) electrons. The van der Waals surface area contributed by atoms with Crippen molar-refractivity contribution >= 4 is 41.3 Å². The molecule has 0 aromatic carbocycles. The van der Waals surface area contributed by atoms with Gasteiger partial charge in [-0.05, 0) is 37.6 Å². The summed E-state index contributed by atoms with van der Waals surface area (Å²) in [6, 6.07) is 4.28. The third kappa shape index (κ3) is 6.19. The maximum atomic E-state index is 10.3. The Hall–Kier alpha value is -0.340. The van der Waals surface area contributed by atoms with Gasteiger partial charge in [-0.3, -0.25) is 4.99 Å². The van der Waals surface area contributed by atoms with Gasteiger partial charge < -0.3 is 15.3 Å². The van der Waals surface area contributed by atoms with E-state index < -0.39 is 0 Å². The molecule has 4 nitrogen and oxygen atoms in total. The fourth-order valence-electron chi connectivity index (χ4n) is 3.13. The summed E-state index contributed by atoms with van der Waals surface area (Å²) in [6.45, 7) is 6.78. The van der Waals surface area contributed by atoms with E-state index in [-0.39, 0.29) is 35.5 Å². The van der Waals surface area contributed by atoms with Crippen LogP contribution in [0.3, 0.4) is 0 Å². The number of aliphatic hydroxyl groups excluding tert-OH is 1. The number of aliphatic imine (C=N–C) groups is 1. The second-order valence-corrected chi connectivity index (χ2v) is 7.87. The van der Waals surface area contributed by atoms with Gasteiger partial charge in [0.2, 0.25) is 0 Å². The van der Waals surface area contributed by atoms with Crippen LogP contribution in [-0.4, -0.2) is 48.8 Å². The average molecular weight is 465 g/mol. The van der Waals surface area contributed by atoms with Crippen molar-refractivity contribution in [3.05, 3.63) is 22.4 Å². The van der Waals surface area contributed by atoms with Gasteiger partial charge >= 0.3 is 0 Å². The number of guanidine groups is 1. The van der Waals surface area contributed by atoms with Crippen molar-refractivity contribution in [1.29, 1.82) is 0 Å². The minimum absolute atomic E-state index is 0. The molecule has 1 aromatic heterocycles. The molecule has 1 heterocycles. The minimum Gasteiger partial charge on any atom is -0.392 e. The largest absolute Gasteiger partial charge is 0.392 e. The molecule has 2 atom stereocenters. The van der Waals surface area contributed by atoms with Crippen LogP contribution in [0.5, 0.6) is 0 Å². The molecule has 1 aliphatic rings. The molecule has 1 fully saturated rings. The molecule has 2 rings (SSSR count). The third-order valence-corrected chi connectivity index (χ3v) is 5.78. The van der Waals surface area contributed by atoms with Crippen molar-refractivity contribution in [3.8, 4) is 0 Å². The summed E-state index contributed by atoms with van der Waals surface area (Å²) in [7, 11) is 2.09. The number of likely N-dealkylation sites (N-methyl/N-ethyl adjacent to an activating group) is 1. The molecule has 24 heavy (non-hydrogen) atoms. The van der Waals surface area contributed by atoms with Crippen LogP contribution in [0.25, 0.3) is 0 Å². The molecule has 0 aliphatic heterocycles. The van der Waals surface area contributed by atoms with Crippen molar-refractivity contribution in [2.75, 3.05) is 26.7 Å². The van der Waals surface area contributed by atoms with E-state index in [0.29, 0.717) is 6.54 Å². The first-order valence-corrected chi connectivity index (χ1v) is 9.63. The number of hydrogen-bond acceptors (Lipinski definition) is 3. The molecule has 0 amide bonds. The van der Waals surface area contributed by atoms with Gasteiger partial charge in [0.1, 0.15) is 0 Å². The Kier molecular flexibility index (Phi) is 9.59. The van der Waals surface area contributed by atoms with Gasteiger partial charge in [0, 0.05) is 30.4 Å². The van der Waals surface area contributed by atoms with E-state index in [9.17, 15) is 5.11 Å². The molecule has 2 N–H and O–H groups in total. The number of thiophene rings is 1. The number of hydrogen-bond donors (Lipinski definition) is 2. The summed E-state index contributed by atoms with van der Waals surface area (Å²) in [5.41, 5.74) is -0.0759. The fourth-order valence-corrected chi connectivity index (χ4v) is 3.83. The molecule has 0 bridgehead atoms. The van der Waals surface area contributed by atoms with E-state index in [2.05, 4.69) is 48.6 Å². The zero-order valence-electron chi connectivity index (χ0n) is 15.1. The summed E-state index contributed by atoms with van der Waals surface area (Å²) in [4.78, 5) is 8.44. The van der Waals surface area contributed by atoms with Crippen LogP contribution < -0.4 is 5.32 Å². The molecular weight excluding hydrogens is 433 g/mol. The van der Waals surface area contributed by atoms with Gasteiger partial charge in [0.25, 0.3) is 0 Å². The first-order valence-electron chi connectivity index (χ1n) is 8.75. The fraction of sp³-hybridized carbons (Fsp3) is 0.722. The standard InChI is InChI=1S/C18H31N3OS.HI/c1-4-19-17(21(3)12-10-15-8-7-13-23-15)20-14-18(2)11-6-5-9-16(18)22;/h7-8,13,16,22H,4-6,9-12,14H2,1-3H3,(H,19,20);1H. The minimum atomic E-state index is -0.223. The van der Waals surface area contributed by atoms with Crippen LogP contribution in [0, 0.1) is 5.41 Å². The van der Waals surface area contributed by atoms with Crippen LogP contribution in [0.4, 0.5) is 0 Å². The van der Waals surface area contributed by atoms with Crippen molar-refractivity contribution in [2.24, 2.45) is 10.4 Å². The van der Waals surface area contributed by atoms with E-state index in [4.69, 9.17) is 4.99 Å². The predicted octanol–water partition coefficient (Wildman–Crippen LogP) is 3.75. The predicted molar refractivity (Wildman–Crippen MR) is 115 cm³/mol. The highest BCUT2D eigenvalue weighted by molar-refractivity contribution is 14.0. The highest BCUT2D eigenvalue weighted by atomic mass is 127. The lowest BCUT2D eigenvalue weighted by Crippen LogP contribution is -2.43. The zero-order valence-corrected chi connectivity index (χ0v) is 18.3. The van der Waals surface area contributed by atoms with Crippen LogP contribution in [0.15, 0.2) is 22.5 Å². The summed E-state index contributed by atoms with van der Waals surface area (Å²) < 4.78 is 0. The normalized spacial score (nSPS) is 24.3. The Balaban J connectivity index is 0.00000288. The molecule has 1 aliphatic carbocycles. The smallest absolute Gasteiger partial charge is 0.193 e. The lowest BCUT2D eigenvalue weighted by atomic mass is 9.73. The van der Waals surface area contributed by atoms with Gasteiger partial charge in [-0.1, -0.05) is 25.8 Å². The molecular formula is C18H32IN3OS. The Morgan fingerprint density at radius 3 is 2.92 bits per heavy atom. The Morgan fingerprint density at radius 2 is 2.29 bits per heavy atom. The molecule has 6 heteroatoms. The number of halogens is 1. The van der Waals surface area contributed by atoms with Gasteiger partial charge in [-0.25, -0.2) is 0 Å². The second-order valence-electron chi connectivity index (χ2n) is 6.84. The van der Waals surface area contributed by atoms with Crippen molar-refractivity contribution in [3.63, 3.8) is 0 Å². The van der Waals surface area contributed by atoms with Crippen LogP contribution >= 0.6 is 35.3 Å². The molecule has 0 saturated heterocycles. The van der Waals surface area contributed by atoms with E-state index >= 15 is 0 Å². The van der Waals surface area contributed by atoms with Crippen LogP contribution in [-0.2, 0) is 6.42 Å². The monoisotopic (exact) mass is 465 g/mol. The summed E-state index contributed by atoms with van der Waals surface area (Å²) in [5.74, 6) is 0.947. The van der Waals surface area contributed by atoms with E-state index in [1.165, 1.54) is 11.3 Å². The summed E-state index contributed by atoms with van der Waals surface area (Å²) in [6.07, 6.45) is 5.14. The van der Waals surface area contributed by atoms with Crippen molar-refractivity contribution < 1.29 is 5.11 Å². The highest BCUT2D eigenvalue weighted by Crippen LogP contribution is 2.36. The Morgan fingerprint density at radius 1 is 1.50 bits per heavy atom. The maximum absolute atomic E-state index is 10.3. The Bertz CT molecular complexity index is 494. The molecule has 1 saturated carbocycles. The summed E-state index contributed by atoms with van der Waals surface area (Å²) in [5, 5.41) is 15.8. The topological polar surface area (TPSA) is 47.9 Å². The number of aliphatic hydroxyl groups is 1. The van der Waals surface area contributed by atoms with Gasteiger partial charge in [-0.2, -0.15) is 0 Å². The average Bonchev–Trinajstić information content (AvgIpc) is 3.05. The SMILES string of the molecule is CCNC(=NCC1(C)CCCCC1O)N(C)CCc1cccs1.I. The molecule has 138 valence electrons. The lowest BCUT2D eigenvalue weighted by Gasteiger charge is -2.37. The van der Waals surface area contributed by atoms with Crippen molar-refractivity contribution in [2.45, 2.75) is 52.1 Å². The van der Waals surface area contributed by atoms with Gasteiger partial charge in [0.05, 0.1) is 12.6 Å². The molecule has 0 spiro atoms. The summed E-state index contributed by atoms with van der Waals surface area (Å²) >= 11 is 1.81. The number of rotatable bonds is 6. The van der Waals surface area contributed by atoms with Gasteiger partial charge in [-0.15, -0.1) is 35.3 Å². The first kappa shape index (κ1) is 21.7. The quantitative estimate of drug-likeness (QED) is 0.382. The zero-order chi connectivity index (χ0) is 16.7. The number of nitrogens with zero attached hydrogens (tertiary/aromatic N) is 2. The first-order chi connectivity index (χ1) is 11.0. The van der Waals surface area contributed by atoms with E-state index in [1.807, 2.05) is 0 Å². The third-order valence-electron chi connectivity index (χ3n) is 4.84. The second kappa shape index (κ2) is 10.6. The van der Waals surface area contributed by atoms with Crippen molar-refractivity contribution in [1.82, 2.24) is 10.2 Å². The molecule has 1 aromatic rings. The van der Waals surface area contributed by atoms with Gasteiger partial charge in [0.15, 0.2) is 5.96 Å². The molecule has 2 unspecified atom stereocenters.